The predicted octanol–water partition coefficient (Wildman–Crippen LogP) is 1.42. The molecule has 0 amide bonds. The molecular weight excluding hydrogens is 188 g/mol. The molecule has 2 aromatic rings. The van der Waals surface area contributed by atoms with Crippen molar-refractivity contribution in [1.82, 2.24) is 20.7 Å². The summed E-state index contributed by atoms with van der Waals surface area (Å²) in [5.41, 5.74) is 3.39. The highest BCUT2D eigenvalue weighted by molar-refractivity contribution is 5.33. The van der Waals surface area contributed by atoms with Gasteiger partial charge in [-0.3, -0.25) is 0 Å². The Hall–Kier alpha value is -1.68. The fourth-order valence-electron chi connectivity index (χ4n) is 1.72. The molecule has 4 heteroatoms. The second-order valence-corrected chi connectivity index (χ2v) is 3.47. The van der Waals surface area contributed by atoms with Crippen LogP contribution in [0.4, 0.5) is 0 Å². The summed E-state index contributed by atoms with van der Waals surface area (Å²) in [4.78, 5) is 0. The van der Waals surface area contributed by atoms with Crippen molar-refractivity contribution in [1.29, 1.82) is 0 Å². The Morgan fingerprint density at radius 3 is 2.73 bits per heavy atom. The highest BCUT2D eigenvalue weighted by Gasteiger charge is 2.15. The number of H-pyrrole nitrogens is 1. The van der Waals surface area contributed by atoms with Gasteiger partial charge in [-0.25, -0.2) is 0 Å². The summed E-state index contributed by atoms with van der Waals surface area (Å²) in [6, 6.07) is 8.37. The molecule has 0 fully saturated rings. The molecule has 0 radical (unpaired) electrons. The highest BCUT2D eigenvalue weighted by atomic mass is 15.3. The average molecular weight is 202 g/mol. The monoisotopic (exact) mass is 202 g/mol. The molecule has 15 heavy (non-hydrogen) atoms. The molecule has 2 rings (SSSR count). The zero-order valence-corrected chi connectivity index (χ0v) is 8.86. The SMILES string of the molecule is CNC(c1cn[nH]n1)c1ccccc1C. The first-order valence-electron chi connectivity index (χ1n) is 4.91. The third-order valence-corrected chi connectivity index (χ3v) is 2.52. The molecule has 0 aliphatic rings. The van der Waals surface area contributed by atoms with Crippen molar-refractivity contribution in [3.8, 4) is 0 Å². The molecule has 4 nitrogen and oxygen atoms in total. The van der Waals surface area contributed by atoms with Gasteiger partial charge in [0, 0.05) is 0 Å². The second-order valence-electron chi connectivity index (χ2n) is 3.47. The van der Waals surface area contributed by atoms with E-state index in [2.05, 4.69) is 39.8 Å². The van der Waals surface area contributed by atoms with Gasteiger partial charge >= 0.3 is 0 Å². The number of hydrogen-bond acceptors (Lipinski definition) is 3. The fourth-order valence-corrected chi connectivity index (χ4v) is 1.72. The molecule has 0 saturated heterocycles. The predicted molar refractivity (Wildman–Crippen MR) is 58.5 cm³/mol. The maximum atomic E-state index is 4.11. The number of aromatic amines is 1. The standard InChI is InChI=1S/C11H14N4/c1-8-5-3-4-6-9(8)11(12-2)10-7-13-15-14-10/h3-7,11-12H,1-2H3,(H,13,14,15). The highest BCUT2D eigenvalue weighted by Crippen LogP contribution is 2.21. The number of nitrogens with one attached hydrogen (secondary N) is 2. The molecule has 1 aromatic heterocycles. The van der Waals surface area contributed by atoms with Gasteiger partial charge in [0.1, 0.15) is 5.69 Å². The average Bonchev–Trinajstić information content (AvgIpc) is 2.75. The van der Waals surface area contributed by atoms with Gasteiger partial charge in [0.05, 0.1) is 12.2 Å². The van der Waals surface area contributed by atoms with Crippen molar-refractivity contribution in [3.63, 3.8) is 0 Å². The van der Waals surface area contributed by atoms with Gasteiger partial charge in [0.25, 0.3) is 0 Å². The van der Waals surface area contributed by atoms with E-state index in [0.717, 1.165) is 5.69 Å². The summed E-state index contributed by atoms with van der Waals surface area (Å²) in [5.74, 6) is 0. The maximum absolute atomic E-state index is 4.11. The van der Waals surface area contributed by atoms with Crippen LogP contribution in [0.5, 0.6) is 0 Å². The first-order chi connectivity index (χ1) is 7.33. The molecule has 0 aliphatic heterocycles. The zero-order valence-electron chi connectivity index (χ0n) is 8.86. The van der Waals surface area contributed by atoms with E-state index in [0.29, 0.717) is 0 Å². The molecule has 2 N–H and O–H groups in total. The lowest BCUT2D eigenvalue weighted by molar-refractivity contribution is 0.663. The number of aromatic nitrogens is 3. The number of nitrogens with zero attached hydrogens (tertiary/aromatic N) is 2. The smallest absolute Gasteiger partial charge is 0.104 e. The summed E-state index contributed by atoms with van der Waals surface area (Å²) in [6.45, 7) is 2.10. The molecule has 1 unspecified atom stereocenters. The van der Waals surface area contributed by atoms with Crippen LogP contribution in [0.15, 0.2) is 30.5 Å². The third kappa shape index (κ3) is 1.89. The van der Waals surface area contributed by atoms with Gasteiger partial charge in [-0.1, -0.05) is 24.3 Å². The van der Waals surface area contributed by atoms with Crippen molar-refractivity contribution in [2.24, 2.45) is 0 Å². The second kappa shape index (κ2) is 4.23. The Morgan fingerprint density at radius 2 is 2.13 bits per heavy atom. The Bertz CT molecular complexity index is 422. The molecule has 1 atom stereocenters. The molecule has 1 aromatic carbocycles. The van der Waals surface area contributed by atoms with Gasteiger partial charge in [0.2, 0.25) is 0 Å². The van der Waals surface area contributed by atoms with Crippen LogP contribution in [0.1, 0.15) is 22.9 Å². The van der Waals surface area contributed by atoms with Crippen molar-refractivity contribution in [3.05, 3.63) is 47.3 Å². The van der Waals surface area contributed by atoms with Gasteiger partial charge < -0.3 is 5.32 Å². The molecule has 78 valence electrons. The summed E-state index contributed by atoms with van der Waals surface area (Å²) >= 11 is 0. The van der Waals surface area contributed by atoms with Gasteiger partial charge in [0.15, 0.2) is 0 Å². The normalized spacial score (nSPS) is 12.7. The van der Waals surface area contributed by atoms with Crippen molar-refractivity contribution in [2.45, 2.75) is 13.0 Å². The minimum Gasteiger partial charge on any atom is -0.308 e. The minimum atomic E-state index is 0.102. The van der Waals surface area contributed by atoms with E-state index in [9.17, 15) is 0 Å². The molecule has 0 aliphatic carbocycles. The first-order valence-corrected chi connectivity index (χ1v) is 4.91. The molecule has 0 spiro atoms. The topological polar surface area (TPSA) is 53.6 Å². The number of hydrogen-bond donors (Lipinski definition) is 2. The Balaban J connectivity index is 2.40. The number of aryl methyl sites for hydroxylation is 1. The van der Waals surface area contributed by atoms with E-state index in [1.165, 1.54) is 11.1 Å². The van der Waals surface area contributed by atoms with E-state index in [-0.39, 0.29) is 6.04 Å². The van der Waals surface area contributed by atoms with Crippen LogP contribution in [-0.4, -0.2) is 22.5 Å². The molecule has 0 bridgehead atoms. The van der Waals surface area contributed by atoms with Crippen LogP contribution in [0.2, 0.25) is 0 Å². The molecular formula is C11H14N4. The van der Waals surface area contributed by atoms with Crippen LogP contribution >= 0.6 is 0 Å². The van der Waals surface area contributed by atoms with Crippen molar-refractivity contribution in [2.75, 3.05) is 7.05 Å². The van der Waals surface area contributed by atoms with Gasteiger partial charge in [-0.05, 0) is 25.1 Å². The Kier molecular flexibility index (Phi) is 2.78. The Labute approximate surface area is 88.7 Å². The largest absolute Gasteiger partial charge is 0.308 e. The quantitative estimate of drug-likeness (QED) is 0.791. The first kappa shape index (κ1) is 9.86. The van der Waals surface area contributed by atoms with Crippen LogP contribution in [-0.2, 0) is 0 Å². The lowest BCUT2D eigenvalue weighted by atomic mass is 9.99. The van der Waals surface area contributed by atoms with Crippen LogP contribution < -0.4 is 5.32 Å². The van der Waals surface area contributed by atoms with Crippen LogP contribution in [0, 0.1) is 6.92 Å². The van der Waals surface area contributed by atoms with E-state index in [1.54, 1.807) is 6.20 Å². The van der Waals surface area contributed by atoms with Crippen LogP contribution in [0.25, 0.3) is 0 Å². The number of benzene rings is 1. The number of rotatable bonds is 3. The summed E-state index contributed by atoms with van der Waals surface area (Å²) in [6.07, 6.45) is 1.74. The van der Waals surface area contributed by atoms with E-state index in [4.69, 9.17) is 0 Å². The van der Waals surface area contributed by atoms with Gasteiger partial charge in [-0.2, -0.15) is 15.4 Å². The Morgan fingerprint density at radius 1 is 1.33 bits per heavy atom. The summed E-state index contributed by atoms with van der Waals surface area (Å²) in [5, 5.41) is 13.8. The van der Waals surface area contributed by atoms with Crippen molar-refractivity contribution >= 4 is 0 Å². The van der Waals surface area contributed by atoms with E-state index in [1.807, 2.05) is 19.2 Å². The maximum Gasteiger partial charge on any atom is 0.104 e. The van der Waals surface area contributed by atoms with E-state index >= 15 is 0 Å². The third-order valence-electron chi connectivity index (χ3n) is 2.52. The lowest BCUT2D eigenvalue weighted by Gasteiger charge is -2.15. The minimum absolute atomic E-state index is 0.102. The van der Waals surface area contributed by atoms with Gasteiger partial charge in [-0.15, -0.1) is 0 Å². The van der Waals surface area contributed by atoms with Crippen LogP contribution in [0.3, 0.4) is 0 Å². The molecule has 1 heterocycles. The lowest BCUT2D eigenvalue weighted by Crippen LogP contribution is -2.19. The van der Waals surface area contributed by atoms with E-state index < -0.39 is 0 Å². The van der Waals surface area contributed by atoms with Crippen molar-refractivity contribution < 1.29 is 0 Å². The summed E-state index contributed by atoms with van der Waals surface area (Å²) < 4.78 is 0. The fraction of sp³-hybridized carbons (Fsp3) is 0.273. The molecule has 0 saturated carbocycles. The summed E-state index contributed by atoms with van der Waals surface area (Å²) in [7, 11) is 1.92. The zero-order chi connectivity index (χ0) is 10.7.